The van der Waals surface area contributed by atoms with Crippen LogP contribution in [0, 0.1) is 0 Å². The van der Waals surface area contributed by atoms with E-state index in [2.05, 4.69) is 32.3 Å². The fraction of sp³-hybridized carbons (Fsp3) is 0.217. The lowest BCUT2D eigenvalue weighted by Gasteiger charge is -2.35. The van der Waals surface area contributed by atoms with E-state index >= 15 is 0 Å². The third kappa shape index (κ3) is 3.61. The van der Waals surface area contributed by atoms with Crippen LogP contribution in [0.3, 0.4) is 0 Å². The Kier molecular flexibility index (Phi) is 4.85. The molecule has 3 heterocycles. The molecule has 0 spiro atoms. The van der Waals surface area contributed by atoms with Gasteiger partial charge in [-0.1, -0.05) is 41.6 Å². The SMILES string of the molecule is O=C(c1ccc2c(c1)nnn2Cc1ccccc1)N1CCN(c2ccccn2)CC1. The summed E-state index contributed by atoms with van der Waals surface area (Å²) in [7, 11) is 0. The normalized spacial score (nSPS) is 14.3. The van der Waals surface area contributed by atoms with Crippen LogP contribution in [0.1, 0.15) is 15.9 Å². The van der Waals surface area contributed by atoms with Gasteiger partial charge in [-0.2, -0.15) is 0 Å². The van der Waals surface area contributed by atoms with E-state index < -0.39 is 0 Å². The summed E-state index contributed by atoms with van der Waals surface area (Å²) in [6, 6.07) is 21.7. The maximum absolute atomic E-state index is 13.0. The Labute approximate surface area is 174 Å². The van der Waals surface area contributed by atoms with Gasteiger partial charge in [-0.05, 0) is 35.9 Å². The minimum Gasteiger partial charge on any atom is -0.353 e. The number of hydrogen-bond donors (Lipinski definition) is 0. The summed E-state index contributed by atoms with van der Waals surface area (Å²) in [4.78, 5) is 21.5. The van der Waals surface area contributed by atoms with Gasteiger partial charge in [0.2, 0.25) is 0 Å². The summed E-state index contributed by atoms with van der Waals surface area (Å²) in [6.45, 7) is 3.55. The molecule has 1 saturated heterocycles. The Bertz CT molecular complexity index is 1150. The highest BCUT2D eigenvalue weighted by atomic mass is 16.2. The number of benzene rings is 2. The molecule has 150 valence electrons. The molecule has 2 aromatic carbocycles. The summed E-state index contributed by atoms with van der Waals surface area (Å²) in [5.41, 5.74) is 3.48. The van der Waals surface area contributed by atoms with Gasteiger partial charge in [-0.25, -0.2) is 9.67 Å². The number of amides is 1. The van der Waals surface area contributed by atoms with Crippen molar-refractivity contribution in [3.8, 4) is 0 Å². The molecule has 1 aliphatic rings. The first-order valence-electron chi connectivity index (χ1n) is 10.1. The summed E-state index contributed by atoms with van der Waals surface area (Å²) < 4.78 is 1.87. The minimum absolute atomic E-state index is 0.0372. The molecular formula is C23H22N6O. The average molecular weight is 398 g/mol. The number of carbonyl (C=O) groups excluding carboxylic acids is 1. The van der Waals surface area contributed by atoms with Crippen molar-refractivity contribution in [2.45, 2.75) is 6.54 Å². The highest BCUT2D eigenvalue weighted by Gasteiger charge is 2.23. The maximum atomic E-state index is 13.0. The standard InChI is InChI=1S/C23H22N6O/c30-23(28-14-12-27(13-15-28)22-8-4-5-11-24-22)19-9-10-21-20(16-19)25-26-29(21)17-18-6-2-1-3-7-18/h1-11,16H,12-15,17H2. The van der Waals surface area contributed by atoms with E-state index in [1.807, 2.05) is 64.2 Å². The van der Waals surface area contributed by atoms with Crippen LogP contribution >= 0.6 is 0 Å². The molecule has 0 N–H and O–H groups in total. The monoisotopic (exact) mass is 398 g/mol. The van der Waals surface area contributed by atoms with E-state index in [1.165, 1.54) is 0 Å². The van der Waals surface area contributed by atoms with Crippen molar-refractivity contribution in [1.29, 1.82) is 0 Å². The summed E-state index contributed by atoms with van der Waals surface area (Å²) in [5, 5.41) is 8.56. The quantitative estimate of drug-likeness (QED) is 0.529. The van der Waals surface area contributed by atoms with E-state index in [0.717, 1.165) is 35.5 Å². The molecule has 0 bridgehead atoms. The molecule has 0 radical (unpaired) electrons. The number of nitrogens with zero attached hydrogens (tertiary/aromatic N) is 6. The Balaban J connectivity index is 1.29. The van der Waals surface area contributed by atoms with Crippen LogP contribution in [-0.2, 0) is 6.54 Å². The lowest BCUT2D eigenvalue weighted by molar-refractivity contribution is 0.0746. The molecule has 1 fully saturated rings. The number of pyridine rings is 1. The van der Waals surface area contributed by atoms with Crippen molar-refractivity contribution in [2.24, 2.45) is 0 Å². The average Bonchev–Trinajstić information content (AvgIpc) is 3.22. The number of carbonyl (C=O) groups is 1. The van der Waals surface area contributed by atoms with Crippen molar-refractivity contribution in [3.63, 3.8) is 0 Å². The fourth-order valence-corrected chi connectivity index (χ4v) is 3.84. The third-order valence-electron chi connectivity index (χ3n) is 5.48. The van der Waals surface area contributed by atoms with Crippen molar-refractivity contribution in [3.05, 3.63) is 84.1 Å². The number of hydrogen-bond acceptors (Lipinski definition) is 5. The summed E-state index contributed by atoms with van der Waals surface area (Å²) >= 11 is 0. The van der Waals surface area contributed by atoms with Gasteiger partial charge in [0.05, 0.1) is 12.1 Å². The Morgan fingerprint density at radius 1 is 0.900 bits per heavy atom. The van der Waals surface area contributed by atoms with Crippen LogP contribution in [0.2, 0.25) is 0 Å². The molecular weight excluding hydrogens is 376 g/mol. The van der Waals surface area contributed by atoms with Gasteiger partial charge in [-0.3, -0.25) is 4.79 Å². The number of anilines is 1. The predicted octanol–water partition coefficient (Wildman–Crippen LogP) is 2.84. The zero-order valence-electron chi connectivity index (χ0n) is 16.6. The molecule has 0 saturated carbocycles. The van der Waals surface area contributed by atoms with Gasteiger partial charge in [0, 0.05) is 37.9 Å². The molecule has 7 heteroatoms. The molecule has 0 unspecified atom stereocenters. The first-order valence-corrected chi connectivity index (χ1v) is 10.1. The molecule has 30 heavy (non-hydrogen) atoms. The molecule has 0 atom stereocenters. The van der Waals surface area contributed by atoms with Crippen molar-refractivity contribution in [2.75, 3.05) is 31.1 Å². The zero-order chi connectivity index (χ0) is 20.3. The zero-order valence-corrected chi connectivity index (χ0v) is 16.6. The van der Waals surface area contributed by atoms with Crippen LogP contribution in [0.15, 0.2) is 72.9 Å². The van der Waals surface area contributed by atoms with Gasteiger partial charge < -0.3 is 9.80 Å². The molecule has 5 rings (SSSR count). The van der Waals surface area contributed by atoms with Crippen LogP contribution in [0.25, 0.3) is 11.0 Å². The lowest BCUT2D eigenvalue weighted by atomic mass is 10.1. The smallest absolute Gasteiger partial charge is 0.254 e. The molecule has 7 nitrogen and oxygen atoms in total. The van der Waals surface area contributed by atoms with E-state index in [-0.39, 0.29) is 5.91 Å². The Hall–Kier alpha value is -3.74. The van der Waals surface area contributed by atoms with E-state index in [0.29, 0.717) is 25.2 Å². The van der Waals surface area contributed by atoms with Gasteiger partial charge >= 0.3 is 0 Å². The topological polar surface area (TPSA) is 67.2 Å². The molecule has 2 aromatic heterocycles. The van der Waals surface area contributed by atoms with Gasteiger partial charge in [0.15, 0.2) is 0 Å². The summed E-state index contributed by atoms with van der Waals surface area (Å²) in [6.07, 6.45) is 1.80. The first kappa shape index (κ1) is 18.3. The van der Waals surface area contributed by atoms with Gasteiger partial charge in [0.1, 0.15) is 11.3 Å². The van der Waals surface area contributed by atoms with Gasteiger partial charge in [-0.15, -0.1) is 5.10 Å². The van der Waals surface area contributed by atoms with E-state index in [4.69, 9.17) is 0 Å². The maximum Gasteiger partial charge on any atom is 0.254 e. The fourth-order valence-electron chi connectivity index (χ4n) is 3.84. The highest BCUT2D eigenvalue weighted by molar-refractivity contribution is 5.97. The molecule has 4 aromatic rings. The molecule has 1 amide bonds. The predicted molar refractivity (Wildman–Crippen MR) is 115 cm³/mol. The highest BCUT2D eigenvalue weighted by Crippen LogP contribution is 2.18. The van der Waals surface area contributed by atoms with Crippen molar-refractivity contribution >= 4 is 22.8 Å². The first-order chi connectivity index (χ1) is 14.8. The third-order valence-corrected chi connectivity index (χ3v) is 5.48. The number of piperazine rings is 1. The van der Waals surface area contributed by atoms with Crippen LogP contribution in [0.4, 0.5) is 5.82 Å². The second-order valence-electron chi connectivity index (χ2n) is 7.40. The largest absolute Gasteiger partial charge is 0.353 e. The minimum atomic E-state index is 0.0372. The van der Waals surface area contributed by atoms with Crippen molar-refractivity contribution in [1.82, 2.24) is 24.9 Å². The molecule has 0 aliphatic carbocycles. The van der Waals surface area contributed by atoms with Crippen molar-refractivity contribution < 1.29 is 4.79 Å². The Morgan fingerprint density at radius 2 is 1.70 bits per heavy atom. The van der Waals surface area contributed by atoms with Crippen LogP contribution in [-0.4, -0.2) is 57.0 Å². The number of aromatic nitrogens is 4. The van der Waals surface area contributed by atoms with E-state index in [9.17, 15) is 4.79 Å². The number of fused-ring (bicyclic) bond motifs is 1. The summed E-state index contributed by atoms with van der Waals surface area (Å²) in [5.74, 6) is 0.997. The Morgan fingerprint density at radius 3 is 2.47 bits per heavy atom. The van der Waals surface area contributed by atoms with Crippen LogP contribution in [0.5, 0.6) is 0 Å². The van der Waals surface area contributed by atoms with Crippen LogP contribution < -0.4 is 4.90 Å². The second-order valence-corrected chi connectivity index (χ2v) is 7.40. The van der Waals surface area contributed by atoms with Gasteiger partial charge in [0.25, 0.3) is 5.91 Å². The second kappa shape index (κ2) is 7.94. The lowest BCUT2D eigenvalue weighted by Crippen LogP contribution is -2.49. The van der Waals surface area contributed by atoms with E-state index in [1.54, 1.807) is 6.20 Å². The number of rotatable bonds is 4. The molecule has 1 aliphatic heterocycles.